The van der Waals surface area contributed by atoms with E-state index in [0.717, 1.165) is 12.0 Å². The highest BCUT2D eigenvalue weighted by Crippen LogP contribution is 2.29. The van der Waals surface area contributed by atoms with Gasteiger partial charge in [-0.3, -0.25) is 9.69 Å². The van der Waals surface area contributed by atoms with Crippen molar-refractivity contribution in [1.29, 1.82) is 0 Å². The summed E-state index contributed by atoms with van der Waals surface area (Å²) >= 11 is 1.39. The number of benzene rings is 2. The molecule has 1 saturated heterocycles. The van der Waals surface area contributed by atoms with Gasteiger partial charge >= 0.3 is 6.61 Å². The van der Waals surface area contributed by atoms with Gasteiger partial charge in [-0.15, -0.1) is 0 Å². The third kappa shape index (κ3) is 4.60. The van der Waals surface area contributed by atoms with E-state index in [-0.39, 0.29) is 11.7 Å². The van der Waals surface area contributed by atoms with Crippen LogP contribution < -0.4 is 4.74 Å². The number of ether oxygens (including phenoxy) is 1. The van der Waals surface area contributed by atoms with Gasteiger partial charge in [0.2, 0.25) is 5.91 Å². The zero-order valence-corrected chi connectivity index (χ0v) is 15.0. The molecule has 1 fully saturated rings. The van der Waals surface area contributed by atoms with Crippen LogP contribution in [0.1, 0.15) is 11.1 Å². The Balaban J connectivity index is 1.75. The number of aliphatic imine (C=N–C) groups is 1. The maximum Gasteiger partial charge on any atom is 0.387 e. The van der Waals surface area contributed by atoms with Crippen molar-refractivity contribution in [3.63, 3.8) is 0 Å². The molecular weight excluding hydrogens is 358 g/mol. The van der Waals surface area contributed by atoms with E-state index in [1.807, 2.05) is 30.3 Å². The van der Waals surface area contributed by atoms with E-state index < -0.39 is 6.61 Å². The minimum Gasteiger partial charge on any atom is -0.435 e. The molecule has 0 spiro atoms. The molecule has 26 heavy (non-hydrogen) atoms. The fraction of sp³-hybridized carbons (Fsp3) is 0.263. The number of hydrogen-bond acceptors (Lipinski definition) is 4. The summed E-state index contributed by atoms with van der Waals surface area (Å²) in [5.74, 6) is 0.483. The molecule has 1 heterocycles. The summed E-state index contributed by atoms with van der Waals surface area (Å²) in [4.78, 5) is 18.4. The van der Waals surface area contributed by atoms with Gasteiger partial charge in [0, 0.05) is 6.54 Å². The molecule has 0 unspecified atom stereocenters. The number of thioether (sulfide) groups is 1. The van der Waals surface area contributed by atoms with Gasteiger partial charge in [0.15, 0.2) is 5.17 Å². The van der Waals surface area contributed by atoms with Gasteiger partial charge in [0.25, 0.3) is 0 Å². The summed E-state index contributed by atoms with van der Waals surface area (Å²) in [6.45, 7) is -0.531. The first-order valence-corrected chi connectivity index (χ1v) is 9.13. The molecule has 1 aliphatic heterocycles. The minimum atomic E-state index is -2.86. The maximum atomic E-state index is 12.3. The Morgan fingerprint density at radius 3 is 2.69 bits per heavy atom. The molecule has 1 amide bonds. The van der Waals surface area contributed by atoms with Gasteiger partial charge in [-0.1, -0.05) is 42.1 Å². The molecule has 7 heteroatoms. The second-order valence-corrected chi connectivity index (χ2v) is 6.73. The fourth-order valence-electron chi connectivity index (χ4n) is 2.62. The maximum absolute atomic E-state index is 12.3. The quantitative estimate of drug-likeness (QED) is 0.750. The normalized spacial score (nSPS) is 15.9. The van der Waals surface area contributed by atoms with Gasteiger partial charge in [-0.05, 0) is 42.7 Å². The molecule has 1 aliphatic rings. The monoisotopic (exact) mass is 376 g/mol. The predicted molar refractivity (Wildman–Crippen MR) is 99.2 cm³/mol. The molecule has 0 aliphatic carbocycles. The van der Waals surface area contributed by atoms with Crippen LogP contribution in [0.3, 0.4) is 0 Å². The number of carbonyl (C=O) groups is 1. The molecule has 0 bridgehead atoms. The lowest BCUT2D eigenvalue weighted by atomic mass is 10.1. The van der Waals surface area contributed by atoms with Gasteiger partial charge in [0.1, 0.15) is 5.75 Å². The predicted octanol–water partition coefficient (Wildman–Crippen LogP) is 4.40. The lowest BCUT2D eigenvalue weighted by Crippen LogP contribution is -2.31. The average molecular weight is 376 g/mol. The number of amidine groups is 1. The van der Waals surface area contributed by atoms with Gasteiger partial charge in [-0.25, -0.2) is 4.99 Å². The largest absolute Gasteiger partial charge is 0.435 e. The SMILES string of the molecule is Cc1cc(OC(F)F)ccc1N=C1SCC(=O)N1CCc1ccccc1. The first-order valence-electron chi connectivity index (χ1n) is 8.14. The first kappa shape index (κ1) is 18.4. The number of hydrogen-bond donors (Lipinski definition) is 0. The lowest BCUT2D eigenvalue weighted by Gasteiger charge is -2.16. The molecule has 0 atom stereocenters. The van der Waals surface area contributed by atoms with Crippen LogP contribution in [0.5, 0.6) is 5.75 Å². The summed E-state index contributed by atoms with van der Waals surface area (Å²) in [5, 5.41) is 0.636. The highest BCUT2D eigenvalue weighted by molar-refractivity contribution is 8.15. The minimum absolute atomic E-state index is 0.0278. The van der Waals surface area contributed by atoms with Crippen LogP contribution in [0.25, 0.3) is 0 Å². The van der Waals surface area contributed by atoms with Crippen molar-refractivity contribution in [2.45, 2.75) is 20.0 Å². The number of nitrogens with zero attached hydrogens (tertiary/aromatic N) is 2. The number of halogens is 2. The van der Waals surface area contributed by atoms with E-state index in [4.69, 9.17) is 0 Å². The molecule has 4 nitrogen and oxygen atoms in total. The van der Waals surface area contributed by atoms with E-state index in [0.29, 0.717) is 28.7 Å². The smallest absolute Gasteiger partial charge is 0.387 e. The van der Waals surface area contributed by atoms with Crippen LogP contribution in [-0.4, -0.2) is 34.9 Å². The molecule has 0 aromatic heterocycles. The summed E-state index contributed by atoms with van der Waals surface area (Å²) in [6.07, 6.45) is 0.742. The Bertz CT molecular complexity index is 812. The molecular formula is C19H18F2N2O2S. The van der Waals surface area contributed by atoms with Crippen LogP contribution in [0, 0.1) is 6.92 Å². The summed E-state index contributed by atoms with van der Waals surface area (Å²) in [6, 6.07) is 14.5. The van der Waals surface area contributed by atoms with Crippen molar-refractivity contribution in [3.8, 4) is 5.75 Å². The van der Waals surface area contributed by atoms with E-state index in [9.17, 15) is 13.6 Å². The Hall–Kier alpha value is -2.41. The van der Waals surface area contributed by atoms with Crippen LogP contribution >= 0.6 is 11.8 Å². The van der Waals surface area contributed by atoms with Gasteiger partial charge in [0.05, 0.1) is 11.4 Å². The number of amides is 1. The second-order valence-electron chi connectivity index (χ2n) is 5.79. The highest BCUT2D eigenvalue weighted by atomic mass is 32.2. The molecule has 2 aromatic carbocycles. The topological polar surface area (TPSA) is 41.9 Å². The Kier molecular flexibility index (Phi) is 5.88. The van der Waals surface area contributed by atoms with Crippen molar-refractivity contribution in [2.75, 3.05) is 12.3 Å². The number of rotatable bonds is 6. The van der Waals surface area contributed by atoms with Crippen molar-refractivity contribution in [2.24, 2.45) is 4.99 Å². The number of alkyl halides is 2. The average Bonchev–Trinajstić information content (AvgIpc) is 2.95. The standard InChI is InChI=1S/C19H18F2N2O2S/c1-13-11-15(25-18(20)21)7-8-16(13)22-19-23(17(24)12-26-19)10-9-14-5-3-2-4-6-14/h2-8,11,18H,9-10,12H2,1H3. The number of aryl methyl sites for hydroxylation is 1. The highest BCUT2D eigenvalue weighted by Gasteiger charge is 2.28. The third-order valence-electron chi connectivity index (χ3n) is 3.93. The van der Waals surface area contributed by atoms with Crippen LogP contribution in [0.2, 0.25) is 0 Å². The van der Waals surface area contributed by atoms with Crippen LogP contribution in [0.4, 0.5) is 14.5 Å². The van der Waals surface area contributed by atoms with Crippen molar-refractivity contribution >= 4 is 28.5 Å². The molecule has 0 radical (unpaired) electrons. The zero-order valence-electron chi connectivity index (χ0n) is 14.2. The van der Waals surface area contributed by atoms with Crippen LogP contribution in [-0.2, 0) is 11.2 Å². The van der Waals surface area contributed by atoms with Crippen molar-refractivity contribution in [3.05, 3.63) is 59.7 Å². The van der Waals surface area contributed by atoms with E-state index in [1.165, 1.54) is 23.9 Å². The van der Waals surface area contributed by atoms with Crippen molar-refractivity contribution in [1.82, 2.24) is 4.90 Å². The molecule has 136 valence electrons. The zero-order chi connectivity index (χ0) is 18.5. The van der Waals surface area contributed by atoms with Gasteiger partial charge in [-0.2, -0.15) is 8.78 Å². The molecule has 0 N–H and O–H groups in total. The molecule has 2 aromatic rings. The van der Waals surface area contributed by atoms with E-state index >= 15 is 0 Å². The third-order valence-corrected chi connectivity index (χ3v) is 4.89. The van der Waals surface area contributed by atoms with Gasteiger partial charge < -0.3 is 4.74 Å². The number of carbonyl (C=O) groups excluding carboxylic acids is 1. The summed E-state index contributed by atoms with van der Waals surface area (Å²) in [5.41, 5.74) is 2.49. The molecule has 3 rings (SSSR count). The summed E-state index contributed by atoms with van der Waals surface area (Å²) < 4.78 is 29.0. The van der Waals surface area contributed by atoms with E-state index in [1.54, 1.807) is 17.9 Å². The van der Waals surface area contributed by atoms with Crippen LogP contribution in [0.15, 0.2) is 53.5 Å². The fourth-order valence-corrected chi connectivity index (χ4v) is 3.54. The Labute approximate surface area is 154 Å². The lowest BCUT2D eigenvalue weighted by molar-refractivity contribution is -0.124. The first-order chi connectivity index (χ1) is 12.5. The van der Waals surface area contributed by atoms with E-state index in [2.05, 4.69) is 9.73 Å². The Morgan fingerprint density at radius 1 is 1.23 bits per heavy atom. The summed E-state index contributed by atoms with van der Waals surface area (Å²) in [7, 11) is 0. The second kappa shape index (κ2) is 8.31. The van der Waals surface area contributed by atoms with Crippen molar-refractivity contribution < 1.29 is 18.3 Å². The Morgan fingerprint density at radius 2 is 2.00 bits per heavy atom. The molecule has 0 saturated carbocycles.